The van der Waals surface area contributed by atoms with Crippen LogP contribution in [-0.4, -0.2) is 15.9 Å². The van der Waals surface area contributed by atoms with Gasteiger partial charge in [-0.3, -0.25) is 15.1 Å². The van der Waals surface area contributed by atoms with E-state index in [4.69, 9.17) is 0 Å². The first-order chi connectivity index (χ1) is 11.1. The van der Waals surface area contributed by atoms with Gasteiger partial charge in [0.25, 0.3) is 5.91 Å². The first-order valence-electron chi connectivity index (χ1n) is 7.03. The summed E-state index contributed by atoms with van der Waals surface area (Å²) in [7, 11) is 0. The maximum Gasteiger partial charge on any atom is 0.257 e. The second kappa shape index (κ2) is 6.66. The van der Waals surface area contributed by atoms with Crippen LogP contribution in [0.1, 0.15) is 26.5 Å². The fourth-order valence-corrected chi connectivity index (χ4v) is 2.77. The van der Waals surface area contributed by atoms with Gasteiger partial charge in [0.2, 0.25) is 0 Å². The average molecular weight is 327 g/mol. The van der Waals surface area contributed by atoms with Crippen LogP contribution < -0.4 is 5.32 Å². The average Bonchev–Trinajstić information content (AvgIpc) is 2.95. The number of hydrogen-bond donors (Lipinski definition) is 1. The van der Waals surface area contributed by atoms with Gasteiger partial charge in [-0.15, -0.1) is 11.3 Å². The topological polar surface area (TPSA) is 54.9 Å². The molecule has 0 spiro atoms. The van der Waals surface area contributed by atoms with E-state index in [2.05, 4.69) is 15.3 Å². The van der Waals surface area contributed by atoms with Gasteiger partial charge in [0, 0.05) is 34.9 Å². The van der Waals surface area contributed by atoms with E-state index in [-0.39, 0.29) is 11.7 Å². The smallest absolute Gasteiger partial charge is 0.257 e. The lowest BCUT2D eigenvalue weighted by Crippen LogP contribution is -2.12. The summed E-state index contributed by atoms with van der Waals surface area (Å²) in [5.74, 6) is -0.490. The molecule has 0 unspecified atom stereocenters. The minimum absolute atomic E-state index is 0.220. The number of amides is 1. The Morgan fingerprint density at radius 2 is 2.00 bits per heavy atom. The number of hydrogen-bond acceptors (Lipinski definition) is 4. The highest BCUT2D eigenvalue weighted by atomic mass is 32.1. The van der Waals surface area contributed by atoms with Gasteiger partial charge in [-0.25, -0.2) is 9.37 Å². The van der Waals surface area contributed by atoms with Crippen LogP contribution in [0.2, 0.25) is 0 Å². The lowest BCUT2D eigenvalue weighted by atomic mass is 10.1. The van der Waals surface area contributed by atoms with Crippen molar-refractivity contribution in [3.8, 4) is 0 Å². The van der Waals surface area contributed by atoms with E-state index in [1.165, 1.54) is 23.5 Å². The maximum atomic E-state index is 12.9. The SMILES string of the molecule is Cc1cnc(NC(=O)c2ccnc(Cc3ccc(F)cc3)c2)s1. The molecule has 0 atom stereocenters. The van der Waals surface area contributed by atoms with E-state index in [0.717, 1.165) is 16.1 Å². The fraction of sp³-hybridized carbons (Fsp3) is 0.118. The monoisotopic (exact) mass is 327 g/mol. The van der Waals surface area contributed by atoms with Crippen molar-refractivity contribution in [2.24, 2.45) is 0 Å². The number of aryl methyl sites for hydroxylation is 1. The van der Waals surface area contributed by atoms with Crippen LogP contribution in [0.15, 0.2) is 48.8 Å². The second-order valence-corrected chi connectivity index (χ2v) is 6.30. The van der Waals surface area contributed by atoms with Gasteiger partial charge in [-0.1, -0.05) is 12.1 Å². The minimum atomic E-state index is -0.270. The van der Waals surface area contributed by atoms with E-state index in [9.17, 15) is 9.18 Å². The number of benzene rings is 1. The molecule has 2 aromatic heterocycles. The quantitative estimate of drug-likeness (QED) is 0.792. The molecule has 0 fully saturated rings. The largest absolute Gasteiger partial charge is 0.298 e. The number of carbonyl (C=O) groups is 1. The zero-order valence-electron chi connectivity index (χ0n) is 12.4. The highest BCUT2D eigenvalue weighted by Crippen LogP contribution is 2.18. The maximum absolute atomic E-state index is 12.9. The Kier molecular flexibility index (Phi) is 4.43. The lowest BCUT2D eigenvalue weighted by molar-refractivity contribution is 0.102. The summed E-state index contributed by atoms with van der Waals surface area (Å²) in [4.78, 5) is 21.7. The molecule has 0 saturated heterocycles. The first-order valence-corrected chi connectivity index (χ1v) is 7.85. The molecule has 4 nitrogen and oxygen atoms in total. The number of pyridine rings is 1. The van der Waals surface area contributed by atoms with E-state index >= 15 is 0 Å². The van der Waals surface area contributed by atoms with Gasteiger partial charge >= 0.3 is 0 Å². The fourth-order valence-electron chi connectivity index (χ4n) is 2.11. The van der Waals surface area contributed by atoms with Gasteiger partial charge in [0.05, 0.1) is 0 Å². The van der Waals surface area contributed by atoms with E-state index in [0.29, 0.717) is 17.1 Å². The molecular formula is C17H14FN3OS. The van der Waals surface area contributed by atoms with E-state index < -0.39 is 0 Å². The summed E-state index contributed by atoms with van der Waals surface area (Å²) in [6.07, 6.45) is 3.85. The zero-order valence-corrected chi connectivity index (χ0v) is 13.2. The molecule has 23 heavy (non-hydrogen) atoms. The summed E-state index contributed by atoms with van der Waals surface area (Å²) in [5.41, 5.74) is 2.21. The molecule has 6 heteroatoms. The highest BCUT2D eigenvalue weighted by Gasteiger charge is 2.10. The Morgan fingerprint density at radius 3 is 2.70 bits per heavy atom. The molecule has 0 aliphatic rings. The highest BCUT2D eigenvalue weighted by molar-refractivity contribution is 7.15. The zero-order chi connectivity index (χ0) is 16.2. The van der Waals surface area contributed by atoms with Gasteiger partial charge < -0.3 is 0 Å². The summed E-state index contributed by atoms with van der Waals surface area (Å²) in [6, 6.07) is 9.64. The number of halogens is 1. The minimum Gasteiger partial charge on any atom is -0.298 e. The Hall–Kier alpha value is -2.60. The second-order valence-electron chi connectivity index (χ2n) is 5.07. The van der Waals surface area contributed by atoms with Crippen LogP contribution in [0.4, 0.5) is 9.52 Å². The van der Waals surface area contributed by atoms with Crippen LogP contribution >= 0.6 is 11.3 Å². The van der Waals surface area contributed by atoms with Gasteiger partial charge in [0.1, 0.15) is 5.82 Å². The van der Waals surface area contributed by atoms with Gasteiger partial charge in [-0.2, -0.15) is 0 Å². The van der Waals surface area contributed by atoms with Crippen molar-refractivity contribution >= 4 is 22.4 Å². The van der Waals surface area contributed by atoms with Crippen LogP contribution in [0.25, 0.3) is 0 Å². The predicted octanol–water partition coefficient (Wildman–Crippen LogP) is 3.83. The Balaban J connectivity index is 1.73. The van der Waals surface area contributed by atoms with Gasteiger partial charge in [0.15, 0.2) is 5.13 Å². The summed E-state index contributed by atoms with van der Waals surface area (Å²) >= 11 is 1.42. The van der Waals surface area contributed by atoms with Crippen molar-refractivity contribution in [2.75, 3.05) is 5.32 Å². The third-order valence-electron chi connectivity index (χ3n) is 3.22. The molecule has 116 valence electrons. The Labute approximate surface area is 137 Å². The third kappa shape index (κ3) is 3.98. The molecule has 0 radical (unpaired) electrons. The number of aromatic nitrogens is 2. The molecule has 0 aliphatic carbocycles. The first kappa shape index (κ1) is 15.3. The number of thiazole rings is 1. The molecule has 0 bridgehead atoms. The van der Waals surface area contributed by atoms with Crippen molar-refractivity contribution in [1.82, 2.24) is 9.97 Å². The lowest BCUT2D eigenvalue weighted by Gasteiger charge is -2.05. The molecule has 3 aromatic rings. The standard InChI is InChI=1S/C17H14FN3OS/c1-11-10-20-17(23-11)21-16(22)13-6-7-19-15(9-13)8-12-2-4-14(18)5-3-12/h2-7,9-10H,8H2,1H3,(H,20,21,22). The van der Waals surface area contributed by atoms with Crippen molar-refractivity contribution in [1.29, 1.82) is 0 Å². The molecule has 3 rings (SSSR count). The molecule has 2 heterocycles. The van der Waals surface area contributed by atoms with Crippen LogP contribution in [-0.2, 0) is 6.42 Å². The van der Waals surface area contributed by atoms with Crippen molar-refractivity contribution in [2.45, 2.75) is 13.3 Å². The van der Waals surface area contributed by atoms with Crippen molar-refractivity contribution < 1.29 is 9.18 Å². The summed E-state index contributed by atoms with van der Waals surface area (Å²) in [5, 5.41) is 3.34. The molecule has 0 saturated carbocycles. The van der Waals surface area contributed by atoms with Crippen molar-refractivity contribution in [3.05, 3.63) is 76.3 Å². The van der Waals surface area contributed by atoms with Crippen LogP contribution in [0, 0.1) is 12.7 Å². The van der Waals surface area contributed by atoms with Crippen LogP contribution in [0.5, 0.6) is 0 Å². The number of nitrogens with one attached hydrogen (secondary N) is 1. The number of rotatable bonds is 4. The van der Waals surface area contributed by atoms with Crippen molar-refractivity contribution in [3.63, 3.8) is 0 Å². The molecule has 1 aromatic carbocycles. The molecule has 1 amide bonds. The number of anilines is 1. The summed E-state index contributed by atoms with van der Waals surface area (Å²) < 4.78 is 12.9. The van der Waals surface area contributed by atoms with Gasteiger partial charge in [-0.05, 0) is 36.8 Å². The normalized spacial score (nSPS) is 10.5. The summed E-state index contributed by atoms with van der Waals surface area (Å²) in [6.45, 7) is 1.93. The Morgan fingerprint density at radius 1 is 1.22 bits per heavy atom. The van der Waals surface area contributed by atoms with E-state index in [1.54, 1.807) is 36.7 Å². The third-order valence-corrected chi connectivity index (χ3v) is 4.05. The van der Waals surface area contributed by atoms with Crippen LogP contribution in [0.3, 0.4) is 0 Å². The molecular weight excluding hydrogens is 313 g/mol. The molecule has 0 aliphatic heterocycles. The Bertz CT molecular complexity index is 830. The predicted molar refractivity (Wildman–Crippen MR) is 88.2 cm³/mol. The number of carbonyl (C=O) groups excluding carboxylic acids is 1. The number of nitrogens with zero attached hydrogens (tertiary/aromatic N) is 2. The molecule has 1 N–H and O–H groups in total. The van der Waals surface area contributed by atoms with E-state index in [1.807, 2.05) is 6.92 Å².